The number of carbonyl (C=O) groups is 1. The quantitative estimate of drug-likeness (QED) is 0.596. The predicted molar refractivity (Wildman–Crippen MR) is 110 cm³/mol. The second-order valence-electron chi connectivity index (χ2n) is 7.15. The Kier molecular flexibility index (Phi) is 5.87. The summed E-state index contributed by atoms with van der Waals surface area (Å²) in [5.41, 5.74) is 1.63. The molecule has 1 aliphatic heterocycles. The van der Waals surface area contributed by atoms with Gasteiger partial charge in [-0.2, -0.15) is 13.2 Å². The van der Waals surface area contributed by atoms with Crippen molar-refractivity contribution in [3.05, 3.63) is 76.8 Å². The molecule has 2 heterocycles. The molecule has 0 unspecified atom stereocenters. The van der Waals surface area contributed by atoms with E-state index in [1.165, 1.54) is 12.1 Å². The van der Waals surface area contributed by atoms with Crippen molar-refractivity contribution in [1.82, 2.24) is 14.8 Å². The van der Waals surface area contributed by atoms with Gasteiger partial charge in [0.1, 0.15) is 5.01 Å². The van der Waals surface area contributed by atoms with Crippen molar-refractivity contribution in [1.29, 1.82) is 0 Å². The van der Waals surface area contributed by atoms with Crippen LogP contribution in [0.4, 0.5) is 13.2 Å². The second kappa shape index (κ2) is 8.57. The largest absolute Gasteiger partial charge is 0.416 e. The molecule has 0 spiro atoms. The first kappa shape index (κ1) is 20.6. The number of carbonyl (C=O) groups excluding carboxylic acids is 1. The lowest BCUT2D eigenvalue weighted by molar-refractivity contribution is -0.137. The lowest BCUT2D eigenvalue weighted by Crippen LogP contribution is -2.48. The fourth-order valence-electron chi connectivity index (χ4n) is 3.42. The number of hydrogen-bond acceptors (Lipinski definition) is 4. The Morgan fingerprint density at radius 2 is 1.63 bits per heavy atom. The van der Waals surface area contributed by atoms with Crippen LogP contribution in [0.1, 0.15) is 21.6 Å². The van der Waals surface area contributed by atoms with E-state index in [-0.39, 0.29) is 11.5 Å². The van der Waals surface area contributed by atoms with Gasteiger partial charge < -0.3 is 4.90 Å². The van der Waals surface area contributed by atoms with Crippen LogP contribution in [0.5, 0.6) is 0 Å². The van der Waals surface area contributed by atoms with Crippen molar-refractivity contribution in [2.75, 3.05) is 26.2 Å². The highest BCUT2D eigenvalue weighted by Crippen LogP contribution is 2.29. The number of thiazole rings is 1. The van der Waals surface area contributed by atoms with Gasteiger partial charge in [0.15, 0.2) is 0 Å². The smallest absolute Gasteiger partial charge is 0.336 e. The lowest BCUT2D eigenvalue weighted by Gasteiger charge is -2.34. The van der Waals surface area contributed by atoms with Crippen LogP contribution >= 0.6 is 11.3 Å². The van der Waals surface area contributed by atoms with Gasteiger partial charge in [0.05, 0.1) is 11.3 Å². The van der Waals surface area contributed by atoms with Gasteiger partial charge in [-0.05, 0) is 24.3 Å². The van der Waals surface area contributed by atoms with Crippen molar-refractivity contribution < 1.29 is 18.0 Å². The molecule has 0 radical (unpaired) electrons. The minimum Gasteiger partial charge on any atom is -0.336 e. The van der Waals surface area contributed by atoms with Gasteiger partial charge in [-0.25, -0.2) is 4.98 Å². The fourth-order valence-corrected chi connectivity index (χ4v) is 4.23. The van der Waals surface area contributed by atoms with Crippen LogP contribution in [0.25, 0.3) is 10.6 Å². The maximum atomic E-state index is 12.7. The molecule has 3 aromatic rings. The van der Waals surface area contributed by atoms with Crippen molar-refractivity contribution in [2.24, 2.45) is 0 Å². The summed E-state index contributed by atoms with van der Waals surface area (Å²) >= 11 is 1.61. The Morgan fingerprint density at radius 3 is 2.27 bits per heavy atom. The van der Waals surface area contributed by atoms with Crippen molar-refractivity contribution >= 4 is 17.2 Å². The summed E-state index contributed by atoms with van der Waals surface area (Å²) in [6, 6.07) is 14.4. The molecule has 1 aromatic heterocycles. The second-order valence-corrected chi connectivity index (χ2v) is 8.01. The number of benzene rings is 2. The van der Waals surface area contributed by atoms with Crippen LogP contribution in [-0.4, -0.2) is 46.9 Å². The molecule has 0 N–H and O–H groups in total. The van der Waals surface area contributed by atoms with Gasteiger partial charge in [0.2, 0.25) is 0 Å². The molecular formula is C22H20F3N3OS. The number of aromatic nitrogens is 1. The third-order valence-electron chi connectivity index (χ3n) is 5.08. The first-order chi connectivity index (χ1) is 14.4. The maximum Gasteiger partial charge on any atom is 0.416 e. The van der Waals surface area contributed by atoms with Gasteiger partial charge in [-0.3, -0.25) is 9.69 Å². The summed E-state index contributed by atoms with van der Waals surface area (Å²) in [4.78, 5) is 21.2. The van der Waals surface area contributed by atoms with Crippen molar-refractivity contribution in [2.45, 2.75) is 12.7 Å². The molecule has 0 saturated carbocycles. The van der Waals surface area contributed by atoms with E-state index in [0.29, 0.717) is 32.7 Å². The molecule has 1 fully saturated rings. The van der Waals surface area contributed by atoms with E-state index in [1.54, 1.807) is 16.2 Å². The molecule has 4 rings (SSSR count). The number of amides is 1. The fraction of sp³-hybridized carbons (Fsp3) is 0.273. The minimum atomic E-state index is -4.40. The third-order valence-corrected chi connectivity index (χ3v) is 6.02. The molecule has 30 heavy (non-hydrogen) atoms. The van der Waals surface area contributed by atoms with Crippen LogP contribution in [0.15, 0.2) is 60.0 Å². The molecule has 1 saturated heterocycles. The van der Waals surface area contributed by atoms with Crippen LogP contribution in [-0.2, 0) is 12.7 Å². The molecule has 4 nitrogen and oxygen atoms in total. The van der Waals surface area contributed by atoms with Crippen LogP contribution in [0.3, 0.4) is 0 Å². The molecule has 0 bridgehead atoms. The van der Waals surface area contributed by atoms with Crippen molar-refractivity contribution in [3.63, 3.8) is 0 Å². The van der Waals surface area contributed by atoms with Crippen LogP contribution in [0, 0.1) is 0 Å². The van der Waals surface area contributed by atoms with E-state index in [0.717, 1.165) is 28.4 Å². The van der Waals surface area contributed by atoms with E-state index in [4.69, 9.17) is 4.98 Å². The number of piperazine rings is 1. The van der Waals surface area contributed by atoms with E-state index in [1.807, 2.05) is 30.3 Å². The first-order valence-electron chi connectivity index (χ1n) is 9.59. The van der Waals surface area contributed by atoms with E-state index < -0.39 is 11.7 Å². The van der Waals surface area contributed by atoms with Gasteiger partial charge in [-0.1, -0.05) is 30.3 Å². The monoisotopic (exact) mass is 431 g/mol. The molecule has 1 aliphatic rings. The molecule has 8 heteroatoms. The summed E-state index contributed by atoms with van der Waals surface area (Å²) in [6.07, 6.45) is -4.40. The zero-order valence-corrected chi connectivity index (χ0v) is 16.9. The zero-order valence-electron chi connectivity index (χ0n) is 16.1. The van der Waals surface area contributed by atoms with Gasteiger partial charge in [0.25, 0.3) is 5.91 Å². The summed E-state index contributed by atoms with van der Waals surface area (Å²) in [5, 5.41) is 3.05. The number of nitrogens with zero attached hydrogens (tertiary/aromatic N) is 3. The molecule has 2 aromatic carbocycles. The minimum absolute atomic E-state index is 0.233. The van der Waals surface area contributed by atoms with Gasteiger partial charge in [0, 0.05) is 49.2 Å². The SMILES string of the molecule is O=C(c1ccc(C(F)(F)F)cc1)N1CCN(Cc2csc(-c3ccccc3)n2)CC1. The summed E-state index contributed by atoms with van der Waals surface area (Å²) in [5.74, 6) is -0.233. The molecule has 0 aliphatic carbocycles. The summed E-state index contributed by atoms with van der Waals surface area (Å²) < 4.78 is 38.1. The number of halogens is 3. The third kappa shape index (κ3) is 4.71. The first-order valence-corrected chi connectivity index (χ1v) is 10.5. The Morgan fingerprint density at radius 1 is 0.967 bits per heavy atom. The van der Waals surface area contributed by atoms with Crippen molar-refractivity contribution in [3.8, 4) is 10.6 Å². The summed E-state index contributed by atoms with van der Waals surface area (Å²) in [7, 11) is 0. The normalized spacial score (nSPS) is 15.4. The topological polar surface area (TPSA) is 36.4 Å². The maximum absolute atomic E-state index is 12.7. The lowest BCUT2D eigenvalue weighted by atomic mass is 10.1. The van der Waals surface area contributed by atoms with Crippen LogP contribution < -0.4 is 0 Å². The molecular weight excluding hydrogens is 411 g/mol. The summed E-state index contributed by atoms with van der Waals surface area (Å²) in [6.45, 7) is 3.19. The number of alkyl halides is 3. The number of rotatable bonds is 4. The molecule has 0 atom stereocenters. The van der Waals surface area contributed by atoms with Gasteiger partial charge in [-0.15, -0.1) is 11.3 Å². The highest BCUT2D eigenvalue weighted by Gasteiger charge is 2.30. The zero-order chi connectivity index (χ0) is 21.1. The standard InChI is InChI=1S/C22H20F3N3OS/c23-22(24,25)18-8-6-17(7-9-18)21(29)28-12-10-27(11-13-28)14-19-15-30-20(26-19)16-4-2-1-3-5-16/h1-9,15H,10-14H2. The van der Waals surface area contributed by atoms with Gasteiger partial charge >= 0.3 is 6.18 Å². The Hall–Kier alpha value is -2.71. The van der Waals surface area contributed by atoms with Crippen LogP contribution in [0.2, 0.25) is 0 Å². The predicted octanol–water partition coefficient (Wildman–Crippen LogP) is 4.79. The number of hydrogen-bond donors (Lipinski definition) is 0. The highest BCUT2D eigenvalue weighted by molar-refractivity contribution is 7.13. The molecule has 1 amide bonds. The Balaban J connectivity index is 1.32. The van der Waals surface area contributed by atoms with E-state index >= 15 is 0 Å². The average molecular weight is 431 g/mol. The Labute approximate surface area is 176 Å². The van der Waals surface area contributed by atoms with E-state index in [9.17, 15) is 18.0 Å². The average Bonchev–Trinajstić information content (AvgIpc) is 3.22. The Bertz CT molecular complexity index is 994. The van der Waals surface area contributed by atoms with E-state index in [2.05, 4.69) is 10.3 Å². The molecule has 156 valence electrons. The highest BCUT2D eigenvalue weighted by atomic mass is 32.1.